The lowest BCUT2D eigenvalue weighted by Crippen LogP contribution is -2.59. The second-order valence-electron chi connectivity index (χ2n) is 10.2. The largest absolute Gasteiger partial charge is 0.508 e. The third-order valence-electron chi connectivity index (χ3n) is 7.25. The average Bonchev–Trinajstić information content (AvgIpc) is 3.21. The number of benzene rings is 2. The summed E-state index contributed by atoms with van der Waals surface area (Å²) in [6.07, 6.45) is -9.29. The highest BCUT2D eigenvalue weighted by molar-refractivity contribution is 5.88. The van der Waals surface area contributed by atoms with Crippen molar-refractivity contribution in [2.75, 3.05) is 20.3 Å². The van der Waals surface area contributed by atoms with Crippen LogP contribution in [0.2, 0.25) is 0 Å². The van der Waals surface area contributed by atoms with Gasteiger partial charge in [-0.1, -0.05) is 0 Å². The minimum absolute atomic E-state index is 0.0284. The molecule has 42 heavy (non-hydrogen) atoms. The van der Waals surface area contributed by atoms with E-state index >= 15 is 0 Å². The quantitative estimate of drug-likeness (QED) is 0.163. The molecule has 228 valence electrons. The molecule has 0 radical (unpaired) electrons. The highest BCUT2D eigenvalue weighted by Crippen LogP contribution is 2.40. The molecule has 2 aliphatic heterocycles. The molecule has 2 aromatic carbocycles. The van der Waals surface area contributed by atoms with E-state index in [9.17, 15) is 45.6 Å². The summed E-state index contributed by atoms with van der Waals surface area (Å²) in [5.74, 6) is -3.00. The normalized spacial score (nSPS) is 31.4. The van der Waals surface area contributed by atoms with Gasteiger partial charge in [0.2, 0.25) is 17.5 Å². The van der Waals surface area contributed by atoms with E-state index < -0.39 is 96.1 Å². The molecule has 8 unspecified atom stereocenters. The van der Waals surface area contributed by atoms with Gasteiger partial charge in [-0.2, -0.15) is 0 Å². The molecule has 15 heteroatoms. The zero-order valence-electron chi connectivity index (χ0n) is 22.3. The molecule has 8 N–H and O–H groups in total. The lowest BCUT2D eigenvalue weighted by Gasteiger charge is -2.41. The van der Waals surface area contributed by atoms with E-state index in [1.807, 2.05) is 0 Å². The molecule has 0 bridgehead atoms. The number of ether oxygens (including phenoxy) is 5. The maximum Gasteiger partial charge on any atom is 0.239 e. The predicted octanol–water partition coefficient (Wildman–Crippen LogP) is -0.392. The van der Waals surface area contributed by atoms with Crippen LogP contribution in [0.3, 0.4) is 0 Å². The highest BCUT2D eigenvalue weighted by Gasteiger charge is 2.52. The van der Waals surface area contributed by atoms with Gasteiger partial charge < -0.3 is 69.0 Å². The van der Waals surface area contributed by atoms with Crippen LogP contribution in [0.5, 0.6) is 28.7 Å². The Hall–Kier alpha value is -3.67. The van der Waals surface area contributed by atoms with Crippen molar-refractivity contribution < 1.29 is 69.0 Å². The number of hydrogen-bond acceptors (Lipinski definition) is 15. The topological polar surface area (TPSA) is 238 Å². The molecular formula is C27H30O15. The van der Waals surface area contributed by atoms with Gasteiger partial charge in [0.1, 0.15) is 52.5 Å². The van der Waals surface area contributed by atoms with E-state index in [4.69, 9.17) is 28.1 Å². The van der Waals surface area contributed by atoms with Crippen molar-refractivity contribution in [3.05, 3.63) is 40.6 Å². The highest BCUT2D eigenvalue weighted by atomic mass is 16.7. The molecule has 0 saturated carbocycles. The minimum atomic E-state index is -2.13. The van der Waals surface area contributed by atoms with Gasteiger partial charge in [-0.3, -0.25) is 4.79 Å². The summed E-state index contributed by atoms with van der Waals surface area (Å²) in [5.41, 5.74) is -3.29. The molecule has 5 rings (SSSR count). The third kappa shape index (κ3) is 5.21. The van der Waals surface area contributed by atoms with E-state index in [1.165, 1.54) is 20.1 Å². The Bertz CT molecular complexity index is 1520. The Morgan fingerprint density at radius 3 is 2.40 bits per heavy atom. The van der Waals surface area contributed by atoms with Crippen LogP contribution in [0.15, 0.2) is 39.5 Å². The summed E-state index contributed by atoms with van der Waals surface area (Å²) in [6, 6.07) is 5.43. The summed E-state index contributed by atoms with van der Waals surface area (Å²) in [5, 5.41) is 82.3. The average molecular weight is 595 g/mol. The first kappa shape index (κ1) is 29.8. The zero-order valence-corrected chi connectivity index (χ0v) is 22.3. The second kappa shape index (κ2) is 11.2. The fourth-order valence-corrected chi connectivity index (χ4v) is 4.87. The molecule has 3 heterocycles. The van der Waals surface area contributed by atoms with E-state index in [1.54, 1.807) is 0 Å². The van der Waals surface area contributed by atoms with Crippen LogP contribution in [0.25, 0.3) is 22.3 Å². The van der Waals surface area contributed by atoms with Crippen molar-refractivity contribution in [2.45, 2.75) is 55.6 Å². The number of hydrogen-bond donors (Lipinski definition) is 8. The number of aromatic hydroxyl groups is 4. The van der Waals surface area contributed by atoms with Gasteiger partial charge in [-0.05, 0) is 25.1 Å². The zero-order chi connectivity index (χ0) is 30.5. The van der Waals surface area contributed by atoms with E-state index in [-0.39, 0.29) is 22.3 Å². The minimum Gasteiger partial charge on any atom is -0.508 e. The molecular weight excluding hydrogens is 564 g/mol. The first-order chi connectivity index (χ1) is 19.8. The van der Waals surface area contributed by atoms with Crippen LogP contribution in [-0.2, 0) is 18.9 Å². The monoisotopic (exact) mass is 594 g/mol. The molecule has 3 aromatic rings. The Morgan fingerprint density at radius 2 is 1.71 bits per heavy atom. The lowest BCUT2D eigenvalue weighted by molar-refractivity contribution is -0.306. The number of phenolic OH excluding ortho intramolecular Hbond substituents is 4. The van der Waals surface area contributed by atoms with Crippen molar-refractivity contribution >= 4 is 11.0 Å². The summed E-state index contributed by atoms with van der Waals surface area (Å²) < 4.78 is 33.0. The molecule has 0 spiro atoms. The molecule has 0 amide bonds. The van der Waals surface area contributed by atoms with E-state index in [2.05, 4.69) is 0 Å². The lowest BCUT2D eigenvalue weighted by atomic mass is 9.99. The number of phenols is 4. The smallest absolute Gasteiger partial charge is 0.239 e. The standard InChI is InChI=1S/C27H30O15/c1-10-18(32)22(37-2)20(34)25(40-10)38-8-27(36)9-39-26(24(27)35)42-23-19(33)17-15(31)6-12(28)7-16(17)41-21(23)11-3-4-13(29)14(30)5-11/h3-7,10,18,20,22,24-26,28-32,34-36H,8-9H2,1-2H3. The maximum absolute atomic E-state index is 13.5. The number of aliphatic hydroxyl groups is 4. The van der Waals surface area contributed by atoms with Crippen LogP contribution in [0, 0.1) is 0 Å². The van der Waals surface area contributed by atoms with Crippen molar-refractivity contribution in [3.63, 3.8) is 0 Å². The van der Waals surface area contributed by atoms with Crippen molar-refractivity contribution in [1.82, 2.24) is 0 Å². The Labute approximate surface area is 236 Å². The van der Waals surface area contributed by atoms with E-state index in [0.717, 1.165) is 24.3 Å². The second-order valence-corrected chi connectivity index (χ2v) is 10.2. The number of aliphatic hydroxyl groups excluding tert-OH is 3. The van der Waals surface area contributed by atoms with Gasteiger partial charge in [-0.15, -0.1) is 0 Å². The number of rotatable bonds is 7. The first-order valence-electron chi connectivity index (χ1n) is 12.7. The molecule has 2 saturated heterocycles. The van der Waals surface area contributed by atoms with Crippen LogP contribution < -0.4 is 10.2 Å². The molecule has 2 aliphatic rings. The SMILES string of the molecule is COC1C(O)C(C)OC(OCC2(O)COC(Oc3c(-c4ccc(O)c(O)c4)oc4cc(O)cc(O)c4c3=O)C2O)C1O. The summed E-state index contributed by atoms with van der Waals surface area (Å²) in [7, 11) is 1.29. The Kier molecular flexibility index (Phi) is 7.95. The summed E-state index contributed by atoms with van der Waals surface area (Å²) in [4.78, 5) is 13.5. The third-order valence-corrected chi connectivity index (χ3v) is 7.25. The van der Waals surface area contributed by atoms with Gasteiger partial charge in [0.05, 0.1) is 19.3 Å². The summed E-state index contributed by atoms with van der Waals surface area (Å²) in [6.45, 7) is 0.339. The Morgan fingerprint density at radius 1 is 0.976 bits per heavy atom. The van der Waals surface area contributed by atoms with Gasteiger partial charge in [-0.25, -0.2) is 0 Å². The van der Waals surface area contributed by atoms with Crippen molar-refractivity contribution in [2.24, 2.45) is 0 Å². The fourth-order valence-electron chi connectivity index (χ4n) is 4.87. The van der Waals surface area contributed by atoms with Gasteiger partial charge in [0, 0.05) is 24.8 Å². The van der Waals surface area contributed by atoms with Gasteiger partial charge in [0.15, 0.2) is 23.5 Å². The van der Waals surface area contributed by atoms with Gasteiger partial charge in [0.25, 0.3) is 0 Å². The molecule has 1 aromatic heterocycles. The molecule has 15 nitrogen and oxygen atoms in total. The number of methoxy groups -OCH3 is 1. The summed E-state index contributed by atoms with van der Waals surface area (Å²) >= 11 is 0. The van der Waals surface area contributed by atoms with Crippen LogP contribution in [0.4, 0.5) is 0 Å². The number of fused-ring (bicyclic) bond motifs is 1. The van der Waals surface area contributed by atoms with Crippen LogP contribution >= 0.6 is 0 Å². The molecule has 2 fully saturated rings. The van der Waals surface area contributed by atoms with Gasteiger partial charge >= 0.3 is 0 Å². The first-order valence-corrected chi connectivity index (χ1v) is 12.7. The fraction of sp³-hybridized carbons (Fsp3) is 0.444. The predicted molar refractivity (Wildman–Crippen MR) is 139 cm³/mol. The van der Waals surface area contributed by atoms with Crippen LogP contribution in [0.1, 0.15) is 6.92 Å². The van der Waals surface area contributed by atoms with Crippen molar-refractivity contribution in [1.29, 1.82) is 0 Å². The van der Waals surface area contributed by atoms with Crippen molar-refractivity contribution in [3.8, 4) is 40.1 Å². The van der Waals surface area contributed by atoms with Crippen LogP contribution in [-0.4, -0.2) is 110 Å². The Balaban J connectivity index is 1.43. The maximum atomic E-state index is 13.5. The molecule has 8 atom stereocenters. The van der Waals surface area contributed by atoms with E-state index in [0.29, 0.717) is 0 Å². The molecule has 0 aliphatic carbocycles.